The summed E-state index contributed by atoms with van der Waals surface area (Å²) in [5.41, 5.74) is 2.06. The number of hydrogen-bond acceptors (Lipinski definition) is 3. The average Bonchev–Trinajstić information content (AvgIpc) is 2.86. The third-order valence-electron chi connectivity index (χ3n) is 4.03. The summed E-state index contributed by atoms with van der Waals surface area (Å²) in [6.07, 6.45) is 1.18. The molecule has 4 nitrogen and oxygen atoms in total. The van der Waals surface area contributed by atoms with Gasteiger partial charge in [-0.05, 0) is 51.8 Å². The van der Waals surface area contributed by atoms with Gasteiger partial charge in [-0.2, -0.15) is 0 Å². The van der Waals surface area contributed by atoms with Crippen LogP contribution in [0.15, 0.2) is 18.2 Å². The molecule has 4 heteroatoms. The molecule has 1 fully saturated rings. The Kier molecular flexibility index (Phi) is 4.65. The lowest BCUT2D eigenvalue weighted by molar-refractivity contribution is 0.0698. The van der Waals surface area contributed by atoms with Gasteiger partial charge in [0.15, 0.2) is 0 Å². The van der Waals surface area contributed by atoms with Crippen molar-refractivity contribution in [1.82, 2.24) is 4.90 Å². The van der Waals surface area contributed by atoms with E-state index >= 15 is 0 Å². The van der Waals surface area contributed by atoms with Crippen molar-refractivity contribution < 1.29 is 9.90 Å². The van der Waals surface area contributed by atoms with Gasteiger partial charge in [0.1, 0.15) is 0 Å². The van der Waals surface area contributed by atoms with E-state index in [2.05, 4.69) is 24.1 Å². The van der Waals surface area contributed by atoms with Crippen molar-refractivity contribution in [3.8, 4) is 0 Å². The van der Waals surface area contributed by atoms with Gasteiger partial charge < -0.3 is 15.3 Å². The number of aromatic carboxylic acids is 1. The maximum atomic E-state index is 11.3. The average molecular weight is 276 g/mol. The molecule has 1 aliphatic rings. The number of rotatable bonds is 5. The second-order valence-electron chi connectivity index (χ2n) is 5.98. The molecule has 2 rings (SSSR count). The summed E-state index contributed by atoms with van der Waals surface area (Å²) in [7, 11) is 0. The molecule has 0 spiro atoms. The molecule has 0 amide bonds. The van der Waals surface area contributed by atoms with Gasteiger partial charge in [0.2, 0.25) is 0 Å². The number of aryl methyl sites for hydroxylation is 1. The zero-order valence-electron chi connectivity index (χ0n) is 12.5. The van der Waals surface area contributed by atoms with Crippen LogP contribution in [0.25, 0.3) is 0 Å². The Bertz CT molecular complexity index is 485. The van der Waals surface area contributed by atoms with Crippen molar-refractivity contribution in [2.75, 3.05) is 25.0 Å². The van der Waals surface area contributed by atoms with Crippen molar-refractivity contribution >= 4 is 11.7 Å². The van der Waals surface area contributed by atoms with Crippen molar-refractivity contribution in [3.63, 3.8) is 0 Å². The lowest BCUT2D eigenvalue weighted by Gasteiger charge is -2.20. The van der Waals surface area contributed by atoms with Gasteiger partial charge in [-0.15, -0.1) is 0 Å². The van der Waals surface area contributed by atoms with Crippen molar-refractivity contribution in [3.05, 3.63) is 29.3 Å². The number of anilines is 1. The molecule has 0 saturated carbocycles. The summed E-state index contributed by atoms with van der Waals surface area (Å²) in [5, 5.41) is 12.6. The van der Waals surface area contributed by atoms with Gasteiger partial charge in [0.05, 0.1) is 5.56 Å². The number of nitrogens with zero attached hydrogens (tertiary/aromatic N) is 1. The fourth-order valence-electron chi connectivity index (χ4n) is 2.74. The summed E-state index contributed by atoms with van der Waals surface area (Å²) in [6, 6.07) is 6.13. The Morgan fingerprint density at radius 3 is 2.85 bits per heavy atom. The van der Waals surface area contributed by atoms with E-state index < -0.39 is 5.97 Å². The van der Waals surface area contributed by atoms with E-state index in [9.17, 15) is 9.90 Å². The molecule has 0 aromatic heterocycles. The number of hydrogen-bond donors (Lipinski definition) is 2. The first kappa shape index (κ1) is 14.9. The van der Waals surface area contributed by atoms with Crippen molar-refractivity contribution in [2.45, 2.75) is 33.2 Å². The number of likely N-dealkylation sites (tertiary alicyclic amines) is 1. The minimum absolute atomic E-state index is 0.365. The molecule has 0 radical (unpaired) electrons. The third-order valence-corrected chi connectivity index (χ3v) is 4.03. The highest BCUT2D eigenvalue weighted by Crippen LogP contribution is 2.22. The standard InChI is InChI=1S/C16H24N2O2/c1-11(2)18-7-6-13(10-18)9-17-15-5-4-12(3)8-14(15)16(19)20/h4-5,8,11,13,17H,6-7,9-10H2,1-3H3,(H,19,20). The third kappa shape index (κ3) is 3.51. The summed E-state index contributed by atoms with van der Waals surface area (Å²) >= 11 is 0. The summed E-state index contributed by atoms with van der Waals surface area (Å²) in [6.45, 7) is 9.43. The fraction of sp³-hybridized carbons (Fsp3) is 0.562. The molecule has 0 bridgehead atoms. The Hall–Kier alpha value is -1.55. The normalized spacial score (nSPS) is 19.5. The quantitative estimate of drug-likeness (QED) is 0.868. The molecule has 1 aromatic carbocycles. The minimum Gasteiger partial charge on any atom is -0.478 e. The Morgan fingerprint density at radius 1 is 1.50 bits per heavy atom. The first-order valence-corrected chi connectivity index (χ1v) is 7.29. The highest BCUT2D eigenvalue weighted by Gasteiger charge is 2.24. The summed E-state index contributed by atoms with van der Waals surface area (Å²) < 4.78 is 0. The maximum absolute atomic E-state index is 11.3. The van der Waals surface area contributed by atoms with E-state index in [4.69, 9.17) is 0 Å². The zero-order valence-corrected chi connectivity index (χ0v) is 12.5. The monoisotopic (exact) mass is 276 g/mol. The molecule has 1 heterocycles. The number of carboxylic acids is 1. The zero-order chi connectivity index (χ0) is 14.7. The minimum atomic E-state index is -0.869. The number of carbonyl (C=O) groups is 1. The molecule has 20 heavy (non-hydrogen) atoms. The predicted octanol–water partition coefficient (Wildman–Crippen LogP) is 2.84. The van der Waals surface area contributed by atoms with Crippen LogP contribution >= 0.6 is 0 Å². The van der Waals surface area contributed by atoms with Gasteiger partial charge in [-0.1, -0.05) is 11.6 Å². The first-order chi connectivity index (χ1) is 9.47. The molecule has 2 N–H and O–H groups in total. The van der Waals surface area contributed by atoms with E-state index in [1.54, 1.807) is 6.07 Å². The topological polar surface area (TPSA) is 52.6 Å². The van der Waals surface area contributed by atoms with Crippen molar-refractivity contribution in [2.24, 2.45) is 5.92 Å². The maximum Gasteiger partial charge on any atom is 0.337 e. The summed E-state index contributed by atoms with van der Waals surface area (Å²) in [4.78, 5) is 13.7. The van der Waals surface area contributed by atoms with E-state index in [-0.39, 0.29) is 0 Å². The number of benzene rings is 1. The SMILES string of the molecule is Cc1ccc(NCC2CCN(C(C)C)C2)c(C(=O)O)c1. The van der Waals surface area contributed by atoms with Crippen LogP contribution in [0.2, 0.25) is 0 Å². The Labute approximate surface area is 120 Å². The van der Waals surface area contributed by atoms with Crippen LogP contribution in [0, 0.1) is 12.8 Å². The fourth-order valence-corrected chi connectivity index (χ4v) is 2.74. The number of nitrogens with one attached hydrogen (secondary N) is 1. The molecule has 1 aliphatic heterocycles. The predicted molar refractivity (Wildman–Crippen MR) is 81.4 cm³/mol. The van der Waals surface area contributed by atoms with Gasteiger partial charge in [0, 0.05) is 24.8 Å². The van der Waals surface area contributed by atoms with Crippen molar-refractivity contribution in [1.29, 1.82) is 0 Å². The van der Waals surface area contributed by atoms with Crippen LogP contribution in [0.5, 0.6) is 0 Å². The second-order valence-corrected chi connectivity index (χ2v) is 5.98. The van der Waals surface area contributed by atoms with Crippen LogP contribution in [0.4, 0.5) is 5.69 Å². The Balaban J connectivity index is 1.96. The molecular formula is C16H24N2O2. The highest BCUT2D eigenvalue weighted by molar-refractivity contribution is 5.94. The lowest BCUT2D eigenvalue weighted by Crippen LogP contribution is -2.29. The van der Waals surface area contributed by atoms with E-state index in [1.807, 2.05) is 19.1 Å². The summed E-state index contributed by atoms with van der Waals surface area (Å²) in [5.74, 6) is -0.272. The number of carboxylic acid groups (broad SMARTS) is 1. The molecule has 1 atom stereocenters. The van der Waals surface area contributed by atoms with Gasteiger partial charge in [0.25, 0.3) is 0 Å². The smallest absolute Gasteiger partial charge is 0.337 e. The van der Waals surface area contributed by atoms with Gasteiger partial charge >= 0.3 is 5.97 Å². The van der Waals surface area contributed by atoms with Crippen LogP contribution in [0.1, 0.15) is 36.2 Å². The molecule has 1 aromatic rings. The first-order valence-electron chi connectivity index (χ1n) is 7.29. The van der Waals surface area contributed by atoms with Gasteiger partial charge in [-0.25, -0.2) is 4.79 Å². The molecule has 1 saturated heterocycles. The van der Waals surface area contributed by atoms with Crippen LogP contribution < -0.4 is 5.32 Å². The molecule has 1 unspecified atom stereocenters. The second kappa shape index (κ2) is 6.27. The highest BCUT2D eigenvalue weighted by atomic mass is 16.4. The van der Waals surface area contributed by atoms with E-state index in [0.717, 1.165) is 30.9 Å². The molecular weight excluding hydrogens is 252 g/mol. The van der Waals surface area contributed by atoms with Gasteiger partial charge in [-0.3, -0.25) is 0 Å². The van der Waals surface area contributed by atoms with E-state index in [0.29, 0.717) is 17.5 Å². The molecule has 110 valence electrons. The van der Waals surface area contributed by atoms with Crippen LogP contribution in [0.3, 0.4) is 0 Å². The van der Waals surface area contributed by atoms with Crippen LogP contribution in [-0.4, -0.2) is 41.7 Å². The van der Waals surface area contributed by atoms with E-state index in [1.165, 1.54) is 6.42 Å². The lowest BCUT2D eigenvalue weighted by atomic mass is 10.1. The van der Waals surface area contributed by atoms with Crippen LogP contribution in [-0.2, 0) is 0 Å². The Morgan fingerprint density at radius 2 is 2.25 bits per heavy atom. The largest absolute Gasteiger partial charge is 0.478 e. The molecule has 0 aliphatic carbocycles.